The highest BCUT2D eigenvalue weighted by molar-refractivity contribution is 5.77. The van der Waals surface area contributed by atoms with E-state index in [-0.39, 0.29) is 14.7 Å². The molecule has 0 fully saturated rings. The third-order valence-corrected chi connectivity index (χ3v) is 1.20. The molecule has 12 heavy (non-hydrogen) atoms. The molecule has 3 heteroatoms. The number of rotatable bonds is 4. The molecule has 3 nitrogen and oxygen atoms in total. The van der Waals surface area contributed by atoms with E-state index >= 15 is 0 Å². The summed E-state index contributed by atoms with van der Waals surface area (Å²) in [5.41, 5.74) is 5.24. The fourth-order valence-electron chi connectivity index (χ4n) is 0.518. The Morgan fingerprint density at radius 2 is 2.00 bits per heavy atom. The van der Waals surface area contributed by atoms with Gasteiger partial charge >= 0.3 is 0 Å². The summed E-state index contributed by atoms with van der Waals surface area (Å²) in [5, 5.41) is 2.76. The SMILES string of the molecule is CC.CC(C)C(=O)NCCCN.[HH].[HH]. The van der Waals surface area contributed by atoms with Crippen LogP contribution < -0.4 is 11.1 Å². The van der Waals surface area contributed by atoms with Crippen molar-refractivity contribution < 1.29 is 7.65 Å². The van der Waals surface area contributed by atoms with Gasteiger partial charge in [0.2, 0.25) is 5.91 Å². The van der Waals surface area contributed by atoms with Crippen molar-refractivity contribution >= 4 is 5.91 Å². The van der Waals surface area contributed by atoms with Crippen molar-refractivity contribution in [1.29, 1.82) is 0 Å². The van der Waals surface area contributed by atoms with Gasteiger partial charge in [0.25, 0.3) is 0 Å². The van der Waals surface area contributed by atoms with Crippen LogP contribution in [0.25, 0.3) is 0 Å². The lowest BCUT2D eigenvalue weighted by Crippen LogP contribution is -2.29. The first kappa shape index (κ1) is 14.0. The molecule has 0 aromatic carbocycles. The zero-order chi connectivity index (χ0) is 9.98. The van der Waals surface area contributed by atoms with Crippen molar-refractivity contribution in [3.63, 3.8) is 0 Å². The quantitative estimate of drug-likeness (QED) is 0.643. The van der Waals surface area contributed by atoms with Crippen LogP contribution in [0.3, 0.4) is 0 Å². The van der Waals surface area contributed by atoms with Crippen LogP contribution in [-0.2, 0) is 4.79 Å². The first-order valence-electron chi connectivity index (χ1n) is 4.66. The Bertz CT molecular complexity index is 111. The molecule has 0 bridgehead atoms. The standard InChI is InChI=1S/C7H16N2O.C2H6.2H2/c1-6(2)7(10)9-5-3-4-8;1-2;;/h6H,3-5,8H2,1-2H3,(H,9,10);1-2H3;2*1H. The highest BCUT2D eigenvalue weighted by Crippen LogP contribution is 1.89. The zero-order valence-electron chi connectivity index (χ0n) is 8.68. The molecule has 78 valence electrons. The van der Waals surface area contributed by atoms with Crippen molar-refractivity contribution in [1.82, 2.24) is 5.32 Å². The van der Waals surface area contributed by atoms with Crippen LogP contribution >= 0.6 is 0 Å². The molecule has 0 spiro atoms. The second-order valence-electron chi connectivity index (χ2n) is 2.59. The lowest BCUT2D eigenvalue weighted by Gasteiger charge is -2.05. The summed E-state index contributed by atoms with van der Waals surface area (Å²) in [6, 6.07) is 0. The zero-order valence-corrected chi connectivity index (χ0v) is 8.68. The third kappa shape index (κ3) is 9.43. The van der Waals surface area contributed by atoms with E-state index in [4.69, 9.17) is 5.73 Å². The van der Waals surface area contributed by atoms with Gasteiger partial charge in [0.05, 0.1) is 0 Å². The Morgan fingerprint density at radius 1 is 1.50 bits per heavy atom. The molecular weight excluding hydrogens is 152 g/mol. The molecule has 3 N–H and O–H groups in total. The van der Waals surface area contributed by atoms with Gasteiger partial charge in [-0.3, -0.25) is 4.79 Å². The topological polar surface area (TPSA) is 55.1 Å². The minimum Gasteiger partial charge on any atom is -0.356 e. The van der Waals surface area contributed by atoms with E-state index in [1.165, 1.54) is 0 Å². The molecule has 0 radical (unpaired) electrons. The van der Waals surface area contributed by atoms with E-state index in [2.05, 4.69) is 5.32 Å². The monoisotopic (exact) mass is 178 g/mol. The van der Waals surface area contributed by atoms with Gasteiger partial charge in [-0.05, 0) is 13.0 Å². The van der Waals surface area contributed by atoms with Crippen LogP contribution in [0.2, 0.25) is 0 Å². The Balaban J connectivity index is -0.000000117. The van der Waals surface area contributed by atoms with Gasteiger partial charge in [0.15, 0.2) is 0 Å². The summed E-state index contributed by atoms with van der Waals surface area (Å²) < 4.78 is 0. The average molecular weight is 178 g/mol. The first-order valence-corrected chi connectivity index (χ1v) is 4.66. The number of carbonyl (C=O) groups excluding carboxylic acids is 1. The Labute approximate surface area is 78.7 Å². The predicted octanol–water partition coefficient (Wildman–Crippen LogP) is 1.63. The Morgan fingerprint density at radius 3 is 2.33 bits per heavy atom. The Kier molecular flexibility index (Phi) is 12.2. The largest absolute Gasteiger partial charge is 0.356 e. The van der Waals surface area contributed by atoms with Gasteiger partial charge in [-0.1, -0.05) is 27.7 Å². The van der Waals surface area contributed by atoms with Gasteiger partial charge in [0.1, 0.15) is 0 Å². The van der Waals surface area contributed by atoms with E-state index in [1.807, 2.05) is 27.7 Å². The first-order chi connectivity index (χ1) is 5.68. The van der Waals surface area contributed by atoms with Crippen molar-refractivity contribution in [3.8, 4) is 0 Å². The van der Waals surface area contributed by atoms with Crippen LogP contribution in [0.1, 0.15) is 37.0 Å². The maximum atomic E-state index is 10.9. The third-order valence-electron chi connectivity index (χ3n) is 1.20. The van der Waals surface area contributed by atoms with Crippen molar-refractivity contribution in [2.24, 2.45) is 11.7 Å². The average Bonchev–Trinajstić information content (AvgIpc) is 2.08. The number of amides is 1. The second-order valence-corrected chi connectivity index (χ2v) is 2.59. The molecule has 0 heterocycles. The maximum Gasteiger partial charge on any atom is 0.222 e. The van der Waals surface area contributed by atoms with Crippen LogP contribution in [0.4, 0.5) is 0 Å². The van der Waals surface area contributed by atoms with Gasteiger partial charge in [0, 0.05) is 15.3 Å². The number of hydrogen-bond acceptors (Lipinski definition) is 2. The minimum atomic E-state index is 0. The fraction of sp³-hybridized carbons (Fsp3) is 0.889. The number of nitrogens with one attached hydrogen (secondary N) is 1. The van der Waals surface area contributed by atoms with E-state index < -0.39 is 0 Å². The summed E-state index contributed by atoms with van der Waals surface area (Å²) in [6.07, 6.45) is 0.860. The highest BCUT2D eigenvalue weighted by Gasteiger charge is 2.03. The second kappa shape index (κ2) is 10.4. The fourth-order valence-corrected chi connectivity index (χ4v) is 0.518. The molecule has 0 unspecified atom stereocenters. The molecule has 0 aliphatic rings. The van der Waals surface area contributed by atoms with Crippen molar-refractivity contribution in [2.75, 3.05) is 13.1 Å². The molecule has 0 aliphatic carbocycles. The van der Waals surface area contributed by atoms with Crippen molar-refractivity contribution in [3.05, 3.63) is 0 Å². The number of carbonyl (C=O) groups is 1. The highest BCUT2D eigenvalue weighted by atomic mass is 16.1. The van der Waals surface area contributed by atoms with Crippen LogP contribution in [-0.4, -0.2) is 19.0 Å². The molecule has 0 saturated carbocycles. The molecule has 0 rings (SSSR count). The van der Waals surface area contributed by atoms with E-state index in [9.17, 15) is 4.79 Å². The summed E-state index contributed by atoms with van der Waals surface area (Å²) >= 11 is 0. The van der Waals surface area contributed by atoms with E-state index in [0.717, 1.165) is 6.42 Å². The van der Waals surface area contributed by atoms with Gasteiger partial charge in [-0.25, -0.2) is 0 Å². The Hall–Kier alpha value is -0.570. The van der Waals surface area contributed by atoms with Crippen LogP contribution in [0, 0.1) is 5.92 Å². The normalized spacial score (nSPS) is 8.83. The predicted molar refractivity (Wildman–Crippen MR) is 57.1 cm³/mol. The lowest BCUT2D eigenvalue weighted by atomic mass is 10.2. The molecule has 0 aromatic rings. The minimum absolute atomic E-state index is 0. The molecule has 0 saturated heterocycles. The molecule has 0 aliphatic heterocycles. The van der Waals surface area contributed by atoms with E-state index in [0.29, 0.717) is 13.1 Å². The number of hydrogen-bond donors (Lipinski definition) is 2. The van der Waals surface area contributed by atoms with Gasteiger partial charge in [-0.15, -0.1) is 0 Å². The summed E-state index contributed by atoms with van der Waals surface area (Å²) in [7, 11) is 0. The lowest BCUT2D eigenvalue weighted by molar-refractivity contribution is -0.123. The van der Waals surface area contributed by atoms with Gasteiger partial charge < -0.3 is 11.1 Å². The molecule has 0 atom stereocenters. The van der Waals surface area contributed by atoms with Crippen molar-refractivity contribution in [2.45, 2.75) is 34.1 Å². The summed E-state index contributed by atoms with van der Waals surface area (Å²) in [6.45, 7) is 9.08. The van der Waals surface area contributed by atoms with E-state index in [1.54, 1.807) is 0 Å². The number of nitrogens with two attached hydrogens (primary N) is 1. The van der Waals surface area contributed by atoms with Gasteiger partial charge in [-0.2, -0.15) is 0 Å². The van der Waals surface area contributed by atoms with Crippen LogP contribution in [0.5, 0.6) is 0 Å². The van der Waals surface area contributed by atoms with Crippen LogP contribution in [0.15, 0.2) is 0 Å². The smallest absolute Gasteiger partial charge is 0.222 e. The molecular formula is C9H26N2O. The molecule has 0 aromatic heterocycles. The maximum absolute atomic E-state index is 10.9. The summed E-state index contributed by atoms with van der Waals surface area (Å²) in [4.78, 5) is 10.9. The molecule has 1 amide bonds. The summed E-state index contributed by atoms with van der Waals surface area (Å²) in [5.74, 6) is 0.186.